The molecule has 0 aliphatic heterocycles. The standard InChI is InChI=1S/C13H19N5O/c1-7(2)12-17-10(14)5-11(18-12)16-9(4)13-15-6-8(3)19-13/h5-7,9H,1-4H3,(H3,14,16,17,18). The fraction of sp³-hybridized carbons (Fsp3) is 0.462. The van der Waals surface area contributed by atoms with E-state index >= 15 is 0 Å². The molecular formula is C13H19N5O. The van der Waals surface area contributed by atoms with Gasteiger partial charge < -0.3 is 15.5 Å². The maximum atomic E-state index is 5.79. The molecule has 3 N–H and O–H groups in total. The van der Waals surface area contributed by atoms with E-state index in [4.69, 9.17) is 10.2 Å². The van der Waals surface area contributed by atoms with E-state index in [0.717, 1.165) is 11.6 Å². The normalized spacial score (nSPS) is 12.7. The highest BCUT2D eigenvalue weighted by molar-refractivity contribution is 5.45. The number of nitrogens with two attached hydrogens (primary N) is 1. The van der Waals surface area contributed by atoms with Crippen molar-refractivity contribution < 1.29 is 4.42 Å². The van der Waals surface area contributed by atoms with Gasteiger partial charge in [-0.25, -0.2) is 15.0 Å². The third kappa shape index (κ3) is 3.21. The van der Waals surface area contributed by atoms with Gasteiger partial charge in [-0.3, -0.25) is 0 Å². The Hall–Kier alpha value is -2.11. The van der Waals surface area contributed by atoms with Crippen LogP contribution < -0.4 is 11.1 Å². The van der Waals surface area contributed by atoms with Crippen LogP contribution in [0, 0.1) is 6.92 Å². The van der Waals surface area contributed by atoms with Crippen LogP contribution in [0.4, 0.5) is 11.6 Å². The molecule has 6 heteroatoms. The van der Waals surface area contributed by atoms with Gasteiger partial charge in [0.1, 0.15) is 29.3 Å². The van der Waals surface area contributed by atoms with Gasteiger partial charge in [0.25, 0.3) is 0 Å². The van der Waals surface area contributed by atoms with E-state index in [-0.39, 0.29) is 12.0 Å². The number of oxazole rings is 1. The second-order valence-electron chi connectivity index (χ2n) is 4.87. The van der Waals surface area contributed by atoms with E-state index in [2.05, 4.69) is 20.3 Å². The molecule has 0 saturated heterocycles. The molecule has 2 heterocycles. The van der Waals surface area contributed by atoms with Gasteiger partial charge in [0.15, 0.2) is 0 Å². The monoisotopic (exact) mass is 261 g/mol. The molecule has 2 aromatic rings. The van der Waals surface area contributed by atoms with Crippen LogP contribution in [-0.4, -0.2) is 15.0 Å². The maximum absolute atomic E-state index is 5.79. The minimum atomic E-state index is -0.0805. The van der Waals surface area contributed by atoms with Crippen LogP contribution >= 0.6 is 0 Å². The SMILES string of the molecule is Cc1cnc(C(C)Nc2cc(N)nc(C(C)C)n2)o1. The summed E-state index contributed by atoms with van der Waals surface area (Å²) in [6.07, 6.45) is 1.70. The summed E-state index contributed by atoms with van der Waals surface area (Å²) in [4.78, 5) is 12.8. The van der Waals surface area contributed by atoms with Crippen LogP contribution in [0.1, 0.15) is 50.2 Å². The van der Waals surface area contributed by atoms with Gasteiger partial charge in [-0.05, 0) is 13.8 Å². The van der Waals surface area contributed by atoms with Crippen LogP contribution in [-0.2, 0) is 0 Å². The Kier molecular flexibility index (Phi) is 3.69. The van der Waals surface area contributed by atoms with Crippen LogP contribution in [0.3, 0.4) is 0 Å². The Morgan fingerprint density at radius 1 is 1.26 bits per heavy atom. The number of hydrogen-bond donors (Lipinski definition) is 2. The first kappa shape index (κ1) is 13.3. The van der Waals surface area contributed by atoms with Crippen molar-refractivity contribution in [2.45, 2.75) is 39.7 Å². The second-order valence-corrected chi connectivity index (χ2v) is 4.87. The summed E-state index contributed by atoms with van der Waals surface area (Å²) < 4.78 is 5.48. The average Bonchev–Trinajstić information content (AvgIpc) is 2.75. The molecule has 19 heavy (non-hydrogen) atoms. The summed E-state index contributed by atoms with van der Waals surface area (Å²) in [6.45, 7) is 7.88. The molecule has 0 saturated carbocycles. The van der Waals surface area contributed by atoms with Crippen molar-refractivity contribution in [1.29, 1.82) is 0 Å². The topological polar surface area (TPSA) is 89.9 Å². The number of rotatable bonds is 4. The number of nitrogens with zero attached hydrogens (tertiary/aromatic N) is 3. The van der Waals surface area contributed by atoms with Crippen molar-refractivity contribution in [3.63, 3.8) is 0 Å². The number of nitrogen functional groups attached to an aromatic ring is 1. The van der Waals surface area contributed by atoms with Gasteiger partial charge >= 0.3 is 0 Å². The summed E-state index contributed by atoms with van der Waals surface area (Å²) in [7, 11) is 0. The molecule has 1 atom stereocenters. The molecular weight excluding hydrogens is 242 g/mol. The predicted molar refractivity (Wildman–Crippen MR) is 73.8 cm³/mol. The molecule has 0 amide bonds. The Morgan fingerprint density at radius 3 is 2.58 bits per heavy atom. The molecule has 0 aromatic carbocycles. The number of aryl methyl sites for hydroxylation is 1. The zero-order valence-electron chi connectivity index (χ0n) is 11.6. The summed E-state index contributed by atoms with van der Waals surface area (Å²) in [5.74, 6) is 3.49. The number of hydrogen-bond acceptors (Lipinski definition) is 6. The van der Waals surface area contributed by atoms with Crippen molar-refractivity contribution in [2.24, 2.45) is 0 Å². The molecule has 0 radical (unpaired) electrons. The molecule has 0 fully saturated rings. The fourth-order valence-electron chi connectivity index (χ4n) is 1.67. The lowest BCUT2D eigenvalue weighted by atomic mass is 10.2. The van der Waals surface area contributed by atoms with E-state index < -0.39 is 0 Å². The van der Waals surface area contributed by atoms with E-state index in [1.54, 1.807) is 12.3 Å². The van der Waals surface area contributed by atoms with Gasteiger partial charge in [0.05, 0.1) is 6.20 Å². The quantitative estimate of drug-likeness (QED) is 0.879. The van der Waals surface area contributed by atoms with Crippen LogP contribution in [0.2, 0.25) is 0 Å². The molecule has 2 aromatic heterocycles. The molecule has 0 aliphatic carbocycles. The lowest BCUT2D eigenvalue weighted by molar-refractivity contribution is 0.453. The molecule has 0 spiro atoms. The minimum absolute atomic E-state index is 0.0805. The lowest BCUT2D eigenvalue weighted by Crippen LogP contribution is -2.11. The lowest BCUT2D eigenvalue weighted by Gasteiger charge is -2.13. The minimum Gasteiger partial charge on any atom is -0.444 e. The maximum Gasteiger partial charge on any atom is 0.216 e. The largest absolute Gasteiger partial charge is 0.444 e. The number of anilines is 2. The Morgan fingerprint density at radius 2 is 2.00 bits per heavy atom. The van der Waals surface area contributed by atoms with Gasteiger partial charge in [-0.2, -0.15) is 0 Å². The van der Waals surface area contributed by atoms with Crippen molar-refractivity contribution in [2.75, 3.05) is 11.1 Å². The molecule has 0 aliphatic rings. The highest BCUT2D eigenvalue weighted by Crippen LogP contribution is 2.20. The summed E-state index contributed by atoms with van der Waals surface area (Å²) >= 11 is 0. The van der Waals surface area contributed by atoms with Crippen molar-refractivity contribution in [3.8, 4) is 0 Å². The first-order valence-corrected chi connectivity index (χ1v) is 6.29. The van der Waals surface area contributed by atoms with Gasteiger partial charge in [-0.15, -0.1) is 0 Å². The van der Waals surface area contributed by atoms with Crippen LogP contribution in [0.15, 0.2) is 16.7 Å². The second kappa shape index (κ2) is 5.26. The molecule has 6 nitrogen and oxygen atoms in total. The van der Waals surface area contributed by atoms with Gasteiger partial charge in [-0.1, -0.05) is 13.8 Å². The zero-order valence-corrected chi connectivity index (χ0v) is 11.6. The first-order valence-electron chi connectivity index (χ1n) is 6.29. The van der Waals surface area contributed by atoms with Gasteiger partial charge in [0.2, 0.25) is 5.89 Å². The van der Waals surface area contributed by atoms with Crippen LogP contribution in [0.25, 0.3) is 0 Å². The number of nitrogens with one attached hydrogen (secondary N) is 1. The molecule has 1 unspecified atom stereocenters. The predicted octanol–water partition coefficient (Wildman–Crippen LogP) is 2.65. The van der Waals surface area contributed by atoms with Crippen molar-refractivity contribution >= 4 is 11.6 Å². The summed E-state index contributed by atoms with van der Waals surface area (Å²) in [5, 5.41) is 3.22. The highest BCUT2D eigenvalue weighted by atomic mass is 16.4. The highest BCUT2D eigenvalue weighted by Gasteiger charge is 2.13. The third-order valence-corrected chi connectivity index (χ3v) is 2.65. The average molecular weight is 261 g/mol. The zero-order chi connectivity index (χ0) is 14.0. The fourth-order valence-corrected chi connectivity index (χ4v) is 1.67. The van der Waals surface area contributed by atoms with Crippen molar-refractivity contribution in [3.05, 3.63) is 29.7 Å². The molecule has 2 rings (SSSR count). The Labute approximate surface area is 112 Å². The van der Waals surface area contributed by atoms with E-state index in [9.17, 15) is 0 Å². The summed E-state index contributed by atoms with van der Waals surface area (Å²) in [5.41, 5.74) is 5.79. The first-order chi connectivity index (χ1) is 8.95. The van der Waals surface area contributed by atoms with Crippen molar-refractivity contribution in [1.82, 2.24) is 15.0 Å². The van der Waals surface area contributed by atoms with Gasteiger partial charge in [0, 0.05) is 12.0 Å². The van der Waals surface area contributed by atoms with Crippen LogP contribution in [0.5, 0.6) is 0 Å². The third-order valence-electron chi connectivity index (χ3n) is 2.65. The smallest absolute Gasteiger partial charge is 0.216 e. The van der Waals surface area contributed by atoms with E-state index in [1.165, 1.54) is 0 Å². The number of aromatic nitrogens is 3. The van der Waals surface area contributed by atoms with E-state index in [1.807, 2.05) is 27.7 Å². The Balaban J connectivity index is 2.18. The summed E-state index contributed by atoms with van der Waals surface area (Å²) in [6, 6.07) is 1.63. The molecule has 102 valence electrons. The molecule has 0 bridgehead atoms. The van der Waals surface area contributed by atoms with E-state index in [0.29, 0.717) is 17.5 Å². The Bertz CT molecular complexity index is 564.